The summed E-state index contributed by atoms with van der Waals surface area (Å²) in [5.41, 5.74) is 1.22. The fourth-order valence-corrected chi connectivity index (χ4v) is 2.71. The molecule has 0 amide bonds. The second-order valence-corrected chi connectivity index (χ2v) is 6.50. The summed E-state index contributed by atoms with van der Waals surface area (Å²) in [6.07, 6.45) is 1.03. The first-order chi connectivity index (χ1) is 7.80. The first-order valence-corrected chi connectivity index (χ1v) is 7.22. The van der Waals surface area contributed by atoms with Crippen molar-refractivity contribution in [2.45, 2.75) is 11.8 Å². The highest BCUT2D eigenvalue weighted by Crippen LogP contribution is 2.34. The number of aromatic hydroxyl groups is 1. The van der Waals surface area contributed by atoms with Crippen molar-refractivity contribution in [2.75, 3.05) is 0 Å². The summed E-state index contributed by atoms with van der Waals surface area (Å²) in [6.45, 7) is 1.76. The van der Waals surface area contributed by atoms with Crippen LogP contribution in [0.1, 0.15) is 5.56 Å². The zero-order valence-electron chi connectivity index (χ0n) is 8.61. The fraction of sp³-hybridized carbons (Fsp3) is 0.100. The minimum atomic E-state index is -4.03. The van der Waals surface area contributed by atoms with Gasteiger partial charge in [-0.3, -0.25) is 4.98 Å². The monoisotopic (exact) mass is 291 g/mol. The van der Waals surface area contributed by atoms with Gasteiger partial charge in [-0.05, 0) is 24.6 Å². The molecule has 0 atom stereocenters. The molecule has 90 valence electrons. The Morgan fingerprint density at radius 2 is 2.00 bits per heavy atom. The molecule has 0 bridgehead atoms. The van der Waals surface area contributed by atoms with E-state index >= 15 is 0 Å². The van der Waals surface area contributed by atoms with Gasteiger partial charge in [-0.2, -0.15) is 0 Å². The maximum absolute atomic E-state index is 11.2. The van der Waals surface area contributed by atoms with Gasteiger partial charge >= 0.3 is 0 Å². The quantitative estimate of drug-likeness (QED) is 0.821. The van der Waals surface area contributed by atoms with Crippen molar-refractivity contribution >= 4 is 42.2 Å². The average Bonchev–Trinajstić information content (AvgIpc) is 2.17. The molecule has 0 saturated carbocycles. The number of benzene rings is 1. The van der Waals surface area contributed by atoms with Gasteiger partial charge in [0.15, 0.2) is 0 Å². The van der Waals surface area contributed by atoms with Crippen LogP contribution < -0.4 is 0 Å². The van der Waals surface area contributed by atoms with Gasteiger partial charge in [0.1, 0.15) is 10.6 Å². The Bertz CT molecular complexity index is 713. The second-order valence-electron chi connectivity index (χ2n) is 3.53. The molecular weight excluding hydrogens is 285 g/mol. The van der Waals surface area contributed by atoms with E-state index in [0.717, 1.165) is 11.8 Å². The Morgan fingerprint density at radius 3 is 2.59 bits per heavy atom. The molecule has 0 aliphatic rings. The molecule has 0 radical (unpaired) electrons. The summed E-state index contributed by atoms with van der Waals surface area (Å²) in [6, 6.07) is 3.11. The summed E-state index contributed by atoms with van der Waals surface area (Å²) in [4.78, 5) is 3.54. The Labute approximate surface area is 107 Å². The number of hydrogen-bond acceptors (Lipinski definition) is 4. The maximum atomic E-state index is 11.2. The number of hydrogen-bond donors (Lipinski definition) is 1. The van der Waals surface area contributed by atoms with E-state index in [1.807, 2.05) is 0 Å². The van der Waals surface area contributed by atoms with Crippen LogP contribution in [-0.2, 0) is 9.05 Å². The minimum Gasteiger partial charge on any atom is -0.506 e. The number of aromatic nitrogens is 1. The third-order valence-electron chi connectivity index (χ3n) is 2.33. The van der Waals surface area contributed by atoms with E-state index in [1.54, 1.807) is 13.0 Å². The molecule has 0 spiro atoms. The van der Waals surface area contributed by atoms with E-state index in [0.29, 0.717) is 10.5 Å². The Kier molecular flexibility index (Phi) is 2.93. The predicted molar refractivity (Wildman–Crippen MR) is 66.2 cm³/mol. The lowest BCUT2D eigenvalue weighted by atomic mass is 10.1. The summed E-state index contributed by atoms with van der Waals surface area (Å²) >= 11 is 5.84. The van der Waals surface area contributed by atoms with Gasteiger partial charge in [-0.25, -0.2) is 8.42 Å². The average molecular weight is 292 g/mol. The molecule has 0 fully saturated rings. The third-order valence-corrected chi connectivity index (χ3v) is 3.87. The zero-order chi connectivity index (χ0) is 12.8. The lowest BCUT2D eigenvalue weighted by molar-refractivity contribution is 0.465. The molecule has 0 saturated heterocycles. The smallest absolute Gasteiger partial charge is 0.266 e. The molecule has 1 heterocycles. The standard InChI is InChI=1S/C10H7Cl2NO3S/c1-5-2-6(11)3-7-9(5)13-4-8(10(7)14)17(12,15)16/h2-4H,1H3,(H,13,14). The van der Waals surface area contributed by atoms with Crippen molar-refractivity contribution in [1.82, 2.24) is 4.98 Å². The van der Waals surface area contributed by atoms with Gasteiger partial charge in [0.05, 0.1) is 11.7 Å². The molecule has 1 aromatic heterocycles. The molecule has 0 unspecified atom stereocenters. The third kappa shape index (κ3) is 2.18. The SMILES string of the molecule is Cc1cc(Cl)cc2c(O)c(S(=O)(=O)Cl)cnc12. The van der Waals surface area contributed by atoms with Crippen molar-refractivity contribution in [2.24, 2.45) is 0 Å². The second kappa shape index (κ2) is 4.01. The highest BCUT2D eigenvalue weighted by atomic mass is 35.7. The number of halogens is 2. The van der Waals surface area contributed by atoms with Crippen LogP contribution in [0.2, 0.25) is 5.02 Å². The molecule has 1 aromatic carbocycles. The molecule has 7 heteroatoms. The number of nitrogens with zero attached hydrogens (tertiary/aromatic N) is 1. The molecular formula is C10H7Cl2NO3S. The van der Waals surface area contributed by atoms with Gasteiger partial charge in [0.25, 0.3) is 9.05 Å². The first-order valence-electron chi connectivity index (χ1n) is 4.53. The highest BCUT2D eigenvalue weighted by molar-refractivity contribution is 8.13. The van der Waals surface area contributed by atoms with Crippen LogP contribution in [0, 0.1) is 6.92 Å². The lowest BCUT2D eigenvalue weighted by Gasteiger charge is -2.07. The molecule has 17 heavy (non-hydrogen) atoms. The topological polar surface area (TPSA) is 67.3 Å². The van der Waals surface area contributed by atoms with Crippen LogP contribution in [-0.4, -0.2) is 18.5 Å². The molecule has 0 aliphatic carbocycles. The minimum absolute atomic E-state index is 0.261. The summed E-state index contributed by atoms with van der Waals surface area (Å²) in [7, 11) is 1.15. The number of fused-ring (bicyclic) bond motifs is 1. The number of aryl methyl sites for hydroxylation is 1. The van der Waals surface area contributed by atoms with Gasteiger partial charge in [0.2, 0.25) is 0 Å². The van der Waals surface area contributed by atoms with E-state index in [-0.39, 0.29) is 5.39 Å². The number of rotatable bonds is 1. The molecule has 1 N–H and O–H groups in total. The lowest BCUT2D eigenvalue weighted by Crippen LogP contribution is -1.95. The van der Waals surface area contributed by atoms with E-state index in [4.69, 9.17) is 22.3 Å². The summed E-state index contributed by atoms with van der Waals surface area (Å²) in [5, 5.41) is 10.5. The largest absolute Gasteiger partial charge is 0.506 e. The molecule has 0 aliphatic heterocycles. The van der Waals surface area contributed by atoms with Crippen molar-refractivity contribution in [3.8, 4) is 5.75 Å². The van der Waals surface area contributed by atoms with Crippen molar-refractivity contribution in [3.05, 3.63) is 28.9 Å². The van der Waals surface area contributed by atoms with E-state index in [2.05, 4.69) is 4.98 Å². The van der Waals surface area contributed by atoms with Crippen LogP contribution >= 0.6 is 22.3 Å². The summed E-state index contributed by atoms with van der Waals surface area (Å²) in [5.74, 6) is -0.435. The Morgan fingerprint density at radius 1 is 1.35 bits per heavy atom. The van der Waals surface area contributed by atoms with Gasteiger partial charge < -0.3 is 5.11 Å². The molecule has 2 aromatic rings. The predicted octanol–water partition coefficient (Wildman–Crippen LogP) is 2.83. The maximum Gasteiger partial charge on any atom is 0.266 e. The van der Waals surface area contributed by atoms with E-state index in [9.17, 15) is 13.5 Å². The zero-order valence-corrected chi connectivity index (χ0v) is 10.9. The first kappa shape index (κ1) is 12.4. The van der Waals surface area contributed by atoms with Crippen molar-refractivity contribution in [1.29, 1.82) is 0 Å². The van der Waals surface area contributed by atoms with Crippen LogP contribution in [0.5, 0.6) is 5.75 Å². The highest BCUT2D eigenvalue weighted by Gasteiger charge is 2.19. The van der Waals surface area contributed by atoms with E-state index < -0.39 is 19.7 Å². The van der Waals surface area contributed by atoms with E-state index in [1.165, 1.54) is 6.07 Å². The summed E-state index contributed by atoms with van der Waals surface area (Å²) < 4.78 is 22.4. The van der Waals surface area contributed by atoms with Crippen molar-refractivity contribution in [3.63, 3.8) is 0 Å². The van der Waals surface area contributed by atoms with Crippen LogP contribution in [0.25, 0.3) is 10.9 Å². The van der Waals surface area contributed by atoms with Crippen molar-refractivity contribution < 1.29 is 13.5 Å². The molecule has 4 nitrogen and oxygen atoms in total. The molecule has 2 rings (SSSR count). The van der Waals surface area contributed by atoms with Crippen LogP contribution in [0.4, 0.5) is 0 Å². The Balaban J connectivity index is 2.94. The normalized spacial score (nSPS) is 11.9. The van der Waals surface area contributed by atoms with Gasteiger partial charge in [-0.15, -0.1) is 0 Å². The van der Waals surface area contributed by atoms with Gasteiger partial charge in [-0.1, -0.05) is 11.6 Å². The Hall–Kier alpha value is -1.04. The fourth-order valence-electron chi connectivity index (χ4n) is 1.58. The van der Waals surface area contributed by atoms with Crippen LogP contribution in [0.15, 0.2) is 23.2 Å². The van der Waals surface area contributed by atoms with Crippen LogP contribution in [0.3, 0.4) is 0 Å². The van der Waals surface area contributed by atoms with Gasteiger partial charge in [0, 0.05) is 21.1 Å². The number of pyridine rings is 1.